The molecule has 0 aromatic rings. The number of aliphatic hydroxyl groups excluding tert-OH is 3. The second kappa shape index (κ2) is 8.01. The topological polar surface area (TPSA) is 152 Å². The van der Waals surface area contributed by atoms with E-state index < -0.39 is 83.0 Å². The highest BCUT2D eigenvalue weighted by Gasteiger charge is 2.86. The Balaban J connectivity index is 1.93. The maximum Gasteiger partial charge on any atom is 0.342 e. The van der Waals surface area contributed by atoms with E-state index >= 15 is 0 Å². The van der Waals surface area contributed by atoms with Gasteiger partial charge >= 0.3 is 17.9 Å². The zero-order chi connectivity index (χ0) is 25.4. The Morgan fingerprint density at radius 3 is 2.26 bits per heavy atom. The zero-order valence-corrected chi connectivity index (χ0v) is 20.3. The third kappa shape index (κ3) is 3.33. The van der Waals surface area contributed by atoms with Gasteiger partial charge in [0.25, 0.3) is 0 Å². The van der Waals surface area contributed by atoms with Crippen LogP contribution in [0.5, 0.6) is 0 Å². The Morgan fingerprint density at radius 1 is 1.09 bits per heavy atom. The SMILES string of the molecule is CC(=O)O[C@H]1C/C(C)=C\[C@@H]2OC(=O)[C@]3(C)O[C@]23[C@@H](O)[C@H]2[C@@H](C)[C@@H](O)C[C@H](OC(C)=O)[C@]2(C)[C@H]1O. The second-order valence-electron chi connectivity index (χ2n) is 10.7. The van der Waals surface area contributed by atoms with E-state index in [1.165, 1.54) is 13.8 Å². The Hall–Kier alpha value is -2.01. The Bertz CT molecular complexity index is 931. The van der Waals surface area contributed by atoms with E-state index in [1.807, 2.05) is 0 Å². The van der Waals surface area contributed by atoms with E-state index in [0.29, 0.717) is 5.57 Å². The molecule has 10 nitrogen and oxygen atoms in total. The molecule has 2 aliphatic carbocycles. The van der Waals surface area contributed by atoms with Crippen LogP contribution in [-0.4, -0.2) is 81.1 Å². The Labute approximate surface area is 198 Å². The third-order valence-corrected chi connectivity index (χ3v) is 8.52. The molecule has 0 radical (unpaired) electrons. The molecule has 0 aromatic carbocycles. The molecule has 10 heteroatoms. The van der Waals surface area contributed by atoms with Crippen LogP contribution in [-0.2, 0) is 33.3 Å². The summed E-state index contributed by atoms with van der Waals surface area (Å²) in [6.07, 6.45) is -4.93. The number of hydrogen-bond donors (Lipinski definition) is 3. The lowest BCUT2D eigenvalue weighted by atomic mass is 9.53. The van der Waals surface area contributed by atoms with Crippen LogP contribution < -0.4 is 0 Å². The maximum absolute atomic E-state index is 12.7. The standard InChI is InChI=1S/C24H34O10/c1-10-7-15(31-12(3)25)19(28)22(5)16(32-13(4)26)9-14(27)11(2)18(22)20(29)24-17(8-10)33-21(30)23(24,6)34-24/h8,11,14-20,27-29H,7,9H2,1-6H3/b10-8-/t11-,14-,15-,16-,17-,18+,19-,20-,22-,23-,24-/m0/s1. The van der Waals surface area contributed by atoms with Crippen molar-refractivity contribution in [2.45, 2.75) is 102 Å². The summed E-state index contributed by atoms with van der Waals surface area (Å²) >= 11 is 0. The largest absolute Gasteiger partial charge is 0.462 e. The minimum absolute atomic E-state index is 0.0170. The normalized spacial score (nSPS) is 51.6. The predicted octanol–water partition coefficient (Wildman–Crippen LogP) is 0.398. The van der Waals surface area contributed by atoms with Crippen molar-refractivity contribution in [3.05, 3.63) is 11.6 Å². The van der Waals surface area contributed by atoms with Gasteiger partial charge in [-0.25, -0.2) is 4.79 Å². The first-order valence-corrected chi connectivity index (χ1v) is 11.7. The molecule has 4 aliphatic rings. The molecule has 2 saturated heterocycles. The molecule has 0 unspecified atom stereocenters. The van der Waals surface area contributed by atoms with E-state index in [9.17, 15) is 29.7 Å². The lowest BCUT2D eigenvalue weighted by Gasteiger charge is -2.56. The summed E-state index contributed by atoms with van der Waals surface area (Å²) in [6.45, 7) is 9.13. The second-order valence-corrected chi connectivity index (χ2v) is 10.7. The van der Waals surface area contributed by atoms with Gasteiger partial charge in [-0.1, -0.05) is 19.4 Å². The summed E-state index contributed by atoms with van der Waals surface area (Å²) in [7, 11) is 0. The average Bonchev–Trinajstić information content (AvgIpc) is 3.31. The van der Waals surface area contributed by atoms with Gasteiger partial charge in [0, 0.05) is 38.0 Å². The van der Waals surface area contributed by atoms with E-state index in [0.717, 1.165) is 0 Å². The molecule has 0 aromatic heterocycles. The van der Waals surface area contributed by atoms with Crippen molar-refractivity contribution in [2.75, 3.05) is 0 Å². The maximum atomic E-state index is 12.7. The summed E-state index contributed by atoms with van der Waals surface area (Å²) in [5.74, 6) is -3.35. The van der Waals surface area contributed by atoms with E-state index in [4.69, 9.17) is 18.9 Å². The van der Waals surface area contributed by atoms with Crippen molar-refractivity contribution in [2.24, 2.45) is 17.3 Å². The number of ether oxygens (including phenoxy) is 4. The number of carbonyl (C=O) groups is 3. The van der Waals surface area contributed by atoms with Crippen molar-refractivity contribution < 1.29 is 48.7 Å². The number of epoxide rings is 1. The molecule has 2 aliphatic heterocycles. The number of aliphatic hydroxyl groups is 3. The van der Waals surface area contributed by atoms with Crippen molar-refractivity contribution in [1.82, 2.24) is 0 Å². The molecule has 34 heavy (non-hydrogen) atoms. The molecule has 0 amide bonds. The molecule has 2 heterocycles. The lowest BCUT2D eigenvalue weighted by Crippen LogP contribution is -2.66. The number of rotatable bonds is 2. The zero-order valence-electron chi connectivity index (χ0n) is 20.3. The quantitative estimate of drug-likeness (QED) is 0.218. The molecular formula is C24H34O10. The monoisotopic (exact) mass is 482 g/mol. The van der Waals surface area contributed by atoms with Crippen molar-refractivity contribution in [3.63, 3.8) is 0 Å². The lowest BCUT2D eigenvalue weighted by molar-refractivity contribution is -0.235. The average molecular weight is 483 g/mol. The van der Waals surface area contributed by atoms with Gasteiger partial charge < -0.3 is 34.3 Å². The highest BCUT2D eigenvalue weighted by Crippen LogP contribution is 2.64. The van der Waals surface area contributed by atoms with Crippen LogP contribution in [0.4, 0.5) is 0 Å². The molecule has 3 N–H and O–H groups in total. The van der Waals surface area contributed by atoms with Gasteiger partial charge in [0.1, 0.15) is 18.3 Å². The summed E-state index contributed by atoms with van der Waals surface area (Å²) in [5, 5.41) is 34.5. The van der Waals surface area contributed by atoms with Crippen LogP contribution in [0.3, 0.4) is 0 Å². The fraction of sp³-hybridized carbons (Fsp3) is 0.792. The van der Waals surface area contributed by atoms with Crippen LogP contribution in [0.15, 0.2) is 11.6 Å². The first kappa shape index (κ1) is 25.1. The molecule has 3 fully saturated rings. The Kier molecular flexibility index (Phi) is 5.91. The van der Waals surface area contributed by atoms with E-state index in [-0.39, 0.29) is 12.8 Å². The van der Waals surface area contributed by atoms with E-state index in [1.54, 1.807) is 33.8 Å². The van der Waals surface area contributed by atoms with Crippen LogP contribution in [0.25, 0.3) is 0 Å². The van der Waals surface area contributed by atoms with Crippen molar-refractivity contribution in [3.8, 4) is 0 Å². The summed E-state index contributed by atoms with van der Waals surface area (Å²) in [5.41, 5.74) is -3.55. The molecular weight excluding hydrogens is 448 g/mol. The predicted molar refractivity (Wildman–Crippen MR) is 115 cm³/mol. The van der Waals surface area contributed by atoms with Gasteiger partial charge in [-0.2, -0.15) is 0 Å². The minimum atomic E-state index is -1.43. The third-order valence-electron chi connectivity index (χ3n) is 8.52. The summed E-state index contributed by atoms with van der Waals surface area (Å²) in [4.78, 5) is 36.6. The molecule has 1 saturated carbocycles. The van der Waals surface area contributed by atoms with Crippen LogP contribution in [0.2, 0.25) is 0 Å². The molecule has 0 bridgehead atoms. The van der Waals surface area contributed by atoms with Crippen LogP contribution >= 0.6 is 0 Å². The van der Waals surface area contributed by atoms with Crippen molar-refractivity contribution in [1.29, 1.82) is 0 Å². The fourth-order valence-electron chi connectivity index (χ4n) is 6.67. The summed E-state index contributed by atoms with van der Waals surface area (Å²) < 4.78 is 22.6. The smallest absolute Gasteiger partial charge is 0.342 e. The van der Waals surface area contributed by atoms with Gasteiger partial charge in [0.2, 0.25) is 0 Å². The molecule has 4 rings (SSSR count). The first-order chi connectivity index (χ1) is 15.7. The molecule has 190 valence electrons. The minimum Gasteiger partial charge on any atom is -0.462 e. The number of fused-ring (bicyclic) bond motifs is 1. The van der Waals surface area contributed by atoms with Crippen LogP contribution in [0.1, 0.15) is 54.4 Å². The fourth-order valence-corrected chi connectivity index (χ4v) is 6.67. The van der Waals surface area contributed by atoms with Gasteiger partial charge in [0.15, 0.2) is 17.3 Å². The van der Waals surface area contributed by atoms with Gasteiger partial charge in [-0.05, 0) is 25.8 Å². The summed E-state index contributed by atoms with van der Waals surface area (Å²) in [6, 6.07) is 0. The van der Waals surface area contributed by atoms with Gasteiger partial charge in [-0.15, -0.1) is 0 Å². The van der Waals surface area contributed by atoms with Gasteiger partial charge in [-0.3, -0.25) is 9.59 Å². The number of carbonyl (C=O) groups excluding carboxylic acids is 3. The van der Waals surface area contributed by atoms with E-state index in [2.05, 4.69) is 0 Å². The van der Waals surface area contributed by atoms with Crippen molar-refractivity contribution >= 4 is 17.9 Å². The van der Waals surface area contributed by atoms with Crippen LogP contribution in [0, 0.1) is 17.3 Å². The molecule has 1 spiro atoms. The highest BCUT2D eigenvalue weighted by atomic mass is 16.7. The molecule has 11 atom stereocenters. The Morgan fingerprint density at radius 2 is 1.71 bits per heavy atom. The highest BCUT2D eigenvalue weighted by molar-refractivity contribution is 5.88. The first-order valence-electron chi connectivity index (χ1n) is 11.7. The number of esters is 3. The van der Waals surface area contributed by atoms with Gasteiger partial charge in [0.05, 0.1) is 12.2 Å². The number of hydrogen-bond acceptors (Lipinski definition) is 10.